The van der Waals surface area contributed by atoms with Crippen LogP contribution in [0.2, 0.25) is 0 Å². The molecular formula is C14H16BF3N2O2. The van der Waals surface area contributed by atoms with E-state index in [0.29, 0.717) is 10.1 Å². The van der Waals surface area contributed by atoms with Gasteiger partial charge >= 0.3 is 13.7 Å². The zero-order valence-corrected chi connectivity index (χ0v) is 12.7. The van der Waals surface area contributed by atoms with Crippen molar-refractivity contribution in [2.45, 2.75) is 45.4 Å². The zero-order chi connectivity index (χ0) is 16.3. The molecule has 0 spiro atoms. The summed E-state index contributed by atoms with van der Waals surface area (Å²) in [5.74, 6) is -0.592. The molecule has 0 N–H and O–H groups in total. The van der Waals surface area contributed by atoms with E-state index >= 15 is 0 Å². The van der Waals surface area contributed by atoms with Crippen molar-refractivity contribution in [1.29, 1.82) is 0 Å². The van der Waals surface area contributed by atoms with Crippen LogP contribution >= 0.6 is 0 Å². The molecule has 1 saturated heterocycles. The Hall–Kier alpha value is -1.54. The number of rotatable bonds is 2. The first-order valence-corrected chi connectivity index (χ1v) is 6.93. The lowest BCUT2D eigenvalue weighted by Gasteiger charge is -2.32. The molecule has 3 rings (SSSR count). The van der Waals surface area contributed by atoms with Crippen LogP contribution < -0.4 is 5.46 Å². The third kappa shape index (κ3) is 2.30. The lowest BCUT2D eigenvalue weighted by Crippen LogP contribution is -2.41. The standard InChI is InChI=1S/C14H16BF3N2O2/c1-13(2)14(3,4)22-15(21-13)9-5-8-7-20(12(17)18)19-11(8)6-10(9)16/h5-7,12H,1-4H3. The van der Waals surface area contributed by atoms with Crippen LogP contribution in [0, 0.1) is 5.82 Å². The lowest BCUT2D eigenvalue weighted by atomic mass is 9.78. The number of fused-ring (bicyclic) bond motifs is 1. The van der Waals surface area contributed by atoms with Crippen LogP contribution in [-0.4, -0.2) is 28.1 Å². The first kappa shape index (κ1) is 15.4. The Labute approximate surface area is 126 Å². The molecule has 118 valence electrons. The average Bonchev–Trinajstić information content (AvgIpc) is 2.87. The molecule has 0 aliphatic carbocycles. The van der Waals surface area contributed by atoms with E-state index in [-0.39, 0.29) is 11.0 Å². The summed E-state index contributed by atoms with van der Waals surface area (Å²) in [4.78, 5) is 0. The smallest absolute Gasteiger partial charge is 0.399 e. The molecule has 0 bridgehead atoms. The highest BCUT2D eigenvalue weighted by molar-refractivity contribution is 6.62. The summed E-state index contributed by atoms with van der Waals surface area (Å²) in [6, 6.07) is 2.56. The molecule has 0 amide bonds. The third-order valence-electron chi connectivity index (χ3n) is 4.35. The predicted octanol–water partition coefficient (Wildman–Crippen LogP) is 2.87. The summed E-state index contributed by atoms with van der Waals surface area (Å²) in [7, 11) is -0.885. The number of hydrogen-bond donors (Lipinski definition) is 0. The Balaban J connectivity index is 2.03. The number of halogens is 3. The van der Waals surface area contributed by atoms with Crippen LogP contribution in [0.15, 0.2) is 18.3 Å². The minimum atomic E-state index is -2.77. The molecule has 4 nitrogen and oxygen atoms in total. The normalized spacial score (nSPS) is 20.3. The number of hydrogen-bond acceptors (Lipinski definition) is 3. The fourth-order valence-corrected chi connectivity index (χ4v) is 2.33. The van der Waals surface area contributed by atoms with Gasteiger partial charge in [-0.25, -0.2) is 9.07 Å². The van der Waals surface area contributed by atoms with Gasteiger partial charge in [0.15, 0.2) is 0 Å². The molecule has 8 heteroatoms. The molecule has 0 atom stereocenters. The molecule has 1 aromatic heterocycles. The van der Waals surface area contributed by atoms with E-state index in [1.807, 2.05) is 27.7 Å². The molecule has 0 saturated carbocycles. The molecule has 1 aromatic carbocycles. The average molecular weight is 312 g/mol. The van der Waals surface area contributed by atoms with E-state index in [1.54, 1.807) is 0 Å². The molecule has 1 aliphatic rings. The minimum Gasteiger partial charge on any atom is -0.399 e. The fourth-order valence-electron chi connectivity index (χ4n) is 2.33. The summed E-state index contributed by atoms with van der Waals surface area (Å²) in [6.45, 7) is 4.67. The highest BCUT2D eigenvalue weighted by Crippen LogP contribution is 2.36. The number of nitrogens with zero attached hydrogens (tertiary/aromatic N) is 2. The monoisotopic (exact) mass is 312 g/mol. The van der Waals surface area contributed by atoms with E-state index in [2.05, 4.69) is 5.10 Å². The van der Waals surface area contributed by atoms with Gasteiger partial charge in [-0.2, -0.15) is 13.9 Å². The number of alkyl halides is 2. The Morgan fingerprint density at radius 2 is 1.73 bits per heavy atom. The van der Waals surface area contributed by atoms with Gasteiger partial charge in [0.25, 0.3) is 0 Å². The second kappa shape index (κ2) is 4.73. The Morgan fingerprint density at radius 3 is 2.27 bits per heavy atom. The van der Waals surface area contributed by atoms with Gasteiger partial charge in [0.05, 0.1) is 16.7 Å². The quantitative estimate of drug-likeness (QED) is 0.800. The van der Waals surface area contributed by atoms with E-state index in [9.17, 15) is 13.2 Å². The van der Waals surface area contributed by atoms with Crippen molar-refractivity contribution in [3.63, 3.8) is 0 Å². The van der Waals surface area contributed by atoms with Gasteiger partial charge < -0.3 is 9.31 Å². The largest absolute Gasteiger partial charge is 0.497 e. The van der Waals surface area contributed by atoms with Crippen LogP contribution in [-0.2, 0) is 9.31 Å². The number of benzene rings is 1. The molecule has 22 heavy (non-hydrogen) atoms. The molecule has 0 unspecified atom stereocenters. The van der Waals surface area contributed by atoms with Crippen LogP contribution in [0.1, 0.15) is 34.2 Å². The van der Waals surface area contributed by atoms with Crippen LogP contribution in [0.5, 0.6) is 0 Å². The number of aromatic nitrogens is 2. The van der Waals surface area contributed by atoms with Crippen molar-refractivity contribution >= 4 is 23.5 Å². The van der Waals surface area contributed by atoms with Crippen LogP contribution in [0.4, 0.5) is 13.2 Å². The second-order valence-electron chi connectivity index (χ2n) is 6.41. The summed E-state index contributed by atoms with van der Waals surface area (Å²) in [5, 5.41) is 4.05. The van der Waals surface area contributed by atoms with E-state index in [1.165, 1.54) is 12.3 Å². The van der Waals surface area contributed by atoms with Crippen molar-refractivity contribution in [1.82, 2.24) is 9.78 Å². The molecule has 2 heterocycles. The predicted molar refractivity (Wildman–Crippen MR) is 76.7 cm³/mol. The van der Waals surface area contributed by atoms with Gasteiger partial charge in [-0.15, -0.1) is 0 Å². The maximum atomic E-state index is 14.3. The van der Waals surface area contributed by atoms with Crippen molar-refractivity contribution in [2.24, 2.45) is 0 Å². The first-order valence-electron chi connectivity index (χ1n) is 6.93. The van der Waals surface area contributed by atoms with Crippen LogP contribution in [0.25, 0.3) is 10.9 Å². The Bertz CT molecular complexity index is 714. The van der Waals surface area contributed by atoms with Crippen molar-refractivity contribution in [3.8, 4) is 0 Å². The summed E-state index contributed by atoms with van der Waals surface area (Å²) < 4.78 is 51.7. The Morgan fingerprint density at radius 1 is 1.14 bits per heavy atom. The van der Waals surface area contributed by atoms with Crippen LogP contribution in [0.3, 0.4) is 0 Å². The summed E-state index contributed by atoms with van der Waals surface area (Å²) in [5.41, 5.74) is -0.864. The van der Waals surface area contributed by atoms with Gasteiger partial charge in [-0.1, -0.05) is 0 Å². The van der Waals surface area contributed by atoms with Gasteiger partial charge in [0.2, 0.25) is 0 Å². The second-order valence-corrected chi connectivity index (χ2v) is 6.41. The van der Waals surface area contributed by atoms with E-state index in [0.717, 1.165) is 6.07 Å². The van der Waals surface area contributed by atoms with Gasteiger partial charge in [-0.3, -0.25) is 0 Å². The minimum absolute atomic E-state index is 0.165. The topological polar surface area (TPSA) is 36.3 Å². The molecular weight excluding hydrogens is 296 g/mol. The zero-order valence-electron chi connectivity index (χ0n) is 12.7. The van der Waals surface area contributed by atoms with Crippen molar-refractivity contribution < 1.29 is 22.5 Å². The molecule has 1 aliphatic heterocycles. The highest BCUT2D eigenvalue weighted by Gasteiger charge is 2.52. The molecule has 1 fully saturated rings. The fraction of sp³-hybridized carbons (Fsp3) is 0.500. The van der Waals surface area contributed by atoms with Crippen molar-refractivity contribution in [2.75, 3.05) is 0 Å². The van der Waals surface area contributed by atoms with E-state index < -0.39 is 30.7 Å². The molecule has 0 radical (unpaired) electrons. The Kier molecular flexibility index (Phi) is 3.30. The maximum absolute atomic E-state index is 14.3. The van der Waals surface area contributed by atoms with E-state index in [4.69, 9.17) is 9.31 Å². The lowest BCUT2D eigenvalue weighted by molar-refractivity contribution is 0.00578. The summed E-state index contributed by atoms with van der Waals surface area (Å²) in [6.07, 6.45) is 1.17. The van der Waals surface area contributed by atoms with Gasteiger partial charge in [0.1, 0.15) is 5.82 Å². The maximum Gasteiger partial charge on any atom is 0.497 e. The first-order chi connectivity index (χ1) is 10.1. The third-order valence-corrected chi connectivity index (χ3v) is 4.35. The highest BCUT2D eigenvalue weighted by atomic mass is 19.3. The SMILES string of the molecule is CC1(C)OB(c2cc3cn(C(F)F)nc3cc2F)OC1(C)C. The van der Waals surface area contributed by atoms with Gasteiger partial charge in [-0.05, 0) is 33.8 Å². The molecule has 2 aromatic rings. The summed E-state index contributed by atoms with van der Waals surface area (Å²) >= 11 is 0. The van der Waals surface area contributed by atoms with Gasteiger partial charge in [0, 0.05) is 23.1 Å². The van der Waals surface area contributed by atoms with Crippen molar-refractivity contribution in [3.05, 3.63) is 24.1 Å².